The fourth-order valence-electron chi connectivity index (χ4n) is 5.04. The van der Waals surface area contributed by atoms with E-state index in [1.807, 2.05) is 97.1 Å². The van der Waals surface area contributed by atoms with E-state index in [0.717, 1.165) is 22.3 Å². The van der Waals surface area contributed by atoms with Gasteiger partial charge in [-0.3, -0.25) is 0 Å². The molecule has 0 unspecified atom stereocenters. The number of ether oxygens (including phenoxy) is 2. The van der Waals surface area contributed by atoms with Crippen molar-refractivity contribution in [2.24, 2.45) is 0 Å². The van der Waals surface area contributed by atoms with Crippen molar-refractivity contribution in [3.05, 3.63) is 157 Å². The van der Waals surface area contributed by atoms with Crippen molar-refractivity contribution in [1.29, 1.82) is 0 Å². The lowest BCUT2D eigenvalue weighted by atomic mass is 9.99. The lowest BCUT2D eigenvalue weighted by Gasteiger charge is -2.14. The molecule has 5 heteroatoms. The quantitative estimate of drug-likeness (QED) is 0.163. The van der Waals surface area contributed by atoms with Crippen LogP contribution in [0.15, 0.2) is 155 Å². The van der Waals surface area contributed by atoms with Gasteiger partial charge in [0.2, 0.25) is 9.84 Å². The zero-order valence-corrected chi connectivity index (χ0v) is 24.9. The van der Waals surface area contributed by atoms with Crippen molar-refractivity contribution in [1.82, 2.24) is 0 Å². The van der Waals surface area contributed by atoms with E-state index in [1.54, 1.807) is 24.3 Å². The molecule has 0 radical (unpaired) electrons. The Balaban J connectivity index is 1.23. The van der Waals surface area contributed by atoms with E-state index in [1.165, 1.54) is 24.3 Å². The Morgan fingerprint density at radius 1 is 0.444 bits per heavy atom. The molecule has 0 heterocycles. The lowest BCUT2D eigenvalue weighted by molar-refractivity contribution is 0.484. The molecule has 4 nitrogen and oxygen atoms in total. The maximum Gasteiger partial charge on any atom is 0.206 e. The van der Waals surface area contributed by atoms with Gasteiger partial charge in [0.25, 0.3) is 0 Å². The van der Waals surface area contributed by atoms with Crippen molar-refractivity contribution < 1.29 is 17.9 Å². The second kappa shape index (κ2) is 12.7. The third-order valence-corrected chi connectivity index (χ3v) is 9.00. The van der Waals surface area contributed by atoms with E-state index in [0.29, 0.717) is 34.1 Å². The Kier molecular flexibility index (Phi) is 8.20. The molecule has 0 aromatic heterocycles. The van der Waals surface area contributed by atoms with Gasteiger partial charge in [0.05, 0.1) is 9.79 Å². The summed E-state index contributed by atoms with van der Waals surface area (Å²) in [5.41, 5.74) is 4.83. The summed E-state index contributed by atoms with van der Waals surface area (Å²) in [6.45, 7) is 0. The van der Waals surface area contributed by atoms with Gasteiger partial charge < -0.3 is 9.47 Å². The fourth-order valence-corrected chi connectivity index (χ4v) is 6.30. The van der Waals surface area contributed by atoms with Crippen LogP contribution in [0.2, 0.25) is 0 Å². The predicted molar refractivity (Wildman–Crippen MR) is 178 cm³/mol. The Morgan fingerprint density at radius 3 is 1.18 bits per heavy atom. The Bertz CT molecular complexity index is 2000. The summed E-state index contributed by atoms with van der Waals surface area (Å²) < 4.78 is 39.4. The normalized spacial score (nSPS) is 10.8. The lowest BCUT2D eigenvalue weighted by Crippen LogP contribution is -2.02. The minimum Gasteiger partial charge on any atom is -0.457 e. The molecule has 0 saturated carbocycles. The predicted octanol–water partition coefficient (Wildman–Crippen LogP) is 9.40. The maximum absolute atomic E-state index is 13.5. The molecule has 0 amide bonds. The van der Waals surface area contributed by atoms with Crippen LogP contribution in [0.3, 0.4) is 0 Å². The molecular formula is C40H26O4S. The molecule has 216 valence electrons. The van der Waals surface area contributed by atoms with Crippen molar-refractivity contribution in [3.8, 4) is 69.9 Å². The molecule has 0 spiro atoms. The van der Waals surface area contributed by atoms with Crippen LogP contribution < -0.4 is 9.47 Å². The molecule has 6 aromatic rings. The summed E-state index contributed by atoms with van der Waals surface area (Å²) >= 11 is 0. The summed E-state index contributed by atoms with van der Waals surface area (Å²) in [7, 11) is -3.81. The number of hydrogen-bond acceptors (Lipinski definition) is 4. The molecule has 45 heavy (non-hydrogen) atoms. The third-order valence-electron chi connectivity index (χ3n) is 7.21. The highest BCUT2D eigenvalue weighted by Crippen LogP contribution is 2.38. The average Bonchev–Trinajstić information content (AvgIpc) is 3.09. The molecule has 0 aliphatic rings. The summed E-state index contributed by atoms with van der Waals surface area (Å²) in [4.78, 5) is 0.273. The van der Waals surface area contributed by atoms with E-state index in [2.05, 4.69) is 11.8 Å². The monoisotopic (exact) mass is 602 g/mol. The summed E-state index contributed by atoms with van der Waals surface area (Å²) in [5.74, 6) is 7.56. The topological polar surface area (TPSA) is 52.6 Å². The molecule has 0 aliphatic carbocycles. The molecule has 0 bridgehead atoms. The molecule has 0 N–H and O–H groups in total. The number of terminal acetylenes is 2. The van der Waals surface area contributed by atoms with Gasteiger partial charge in [-0.1, -0.05) is 84.6 Å². The molecular weight excluding hydrogens is 577 g/mol. The van der Waals surface area contributed by atoms with Gasteiger partial charge in [0.15, 0.2) is 0 Å². The van der Waals surface area contributed by atoms with Gasteiger partial charge in [-0.05, 0) is 83.9 Å². The van der Waals surface area contributed by atoms with E-state index in [4.69, 9.17) is 22.3 Å². The highest BCUT2D eigenvalue weighted by atomic mass is 32.2. The van der Waals surface area contributed by atoms with Crippen molar-refractivity contribution >= 4 is 9.84 Å². The van der Waals surface area contributed by atoms with E-state index in [9.17, 15) is 8.42 Å². The zero-order valence-electron chi connectivity index (χ0n) is 24.1. The second-order valence-corrected chi connectivity index (χ2v) is 12.0. The first-order valence-electron chi connectivity index (χ1n) is 14.1. The number of rotatable bonds is 8. The third kappa shape index (κ3) is 6.08. The number of benzene rings is 6. The first-order chi connectivity index (χ1) is 22.0. The van der Waals surface area contributed by atoms with Crippen molar-refractivity contribution in [3.63, 3.8) is 0 Å². The molecule has 0 fully saturated rings. The van der Waals surface area contributed by atoms with Gasteiger partial charge in [-0.15, -0.1) is 12.8 Å². The van der Waals surface area contributed by atoms with E-state index < -0.39 is 9.84 Å². The Morgan fingerprint density at radius 2 is 0.822 bits per heavy atom. The zero-order chi connectivity index (χ0) is 31.2. The van der Waals surface area contributed by atoms with Crippen molar-refractivity contribution in [2.45, 2.75) is 9.79 Å². The van der Waals surface area contributed by atoms with E-state index in [-0.39, 0.29) is 9.79 Å². The van der Waals surface area contributed by atoms with Gasteiger partial charge in [0, 0.05) is 22.3 Å². The first kappa shape index (κ1) is 29.1. The largest absolute Gasteiger partial charge is 0.457 e. The van der Waals surface area contributed by atoms with Gasteiger partial charge in [-0.25, -0.2) is 8.42 Å². The number of sulfone groups is 1. The average molecular weight is 603 g/mol. The standard InChI is InChI=1S/C40H26O4S/c1-3-29-17-11-19-37(39(29)31-13-7-5-8-14-31)43-33-21-25-35(26-22-33)45(41,42)36-27-23-34(24-28-36)44-38-20-12-18-30(4-2)40(38)32-15-9-6-10-16-32/h1-2,5-28H. The maximum atomic E-state index is 13.5. The fraction of sp³-hybridized carbons (Fsp3) is 0. The molecule has 0 aliphatic heterocycles. The van der Waals surface area contributed by atoms with Crippen LogP contribution in [-0.4, -0.2) is 8.42 Å². The first-order valence-corrected chi connectivity index (χ1v) is 15.6. The van der Waals surface area contributed by atoms with Crippen LogP contribution in [-0.2, 0) is 9.84 Å². The summed E-state index contributed by atoms with van der Waals surface area (Å²) in [5, 5.41) is 0. The Hall–Kier alpha value is -6.01. The van der Waals surface area contributed by atoms with Crippen LogP contribution >= 0.6 is 0 Å². The highest BCUT2D eigenvalue weighted by Gasteiger charge is 2.19. The molecule has 0 atom stereocenters. The highest BCUT2D eigenvalue weighted by molar-refractivity contribution is 7.91. The Labute approximate surface area is 263 Å². The van der Waals surface area contributed by atoms with E-state index >= 15 is 0 Å². The molecule has 0 saturated heterocycles. The van der Waals surface area contributed by atoms with Crippen LogP contribution in [0.1, 0.15) is 11.1 Å². The molecule has 6 aromatic carbocycles. The van der Waals surface area contributed by atoms with Crippen LogP contribution in [0, 0.1) is 24.7 Å². The van der Waals surface area contributed by atoms with Crippen LogP contribution in [0.4, 0.5) is 0 Å². The minimum atomic E-state index is -3.81. The van der Waals surface area contributed by atoms with Crippen LogP contribution in [0.25, 0.3) is 22.3 Å². The van der Waals surface area contributed by atoms with Gasteiger partial charge in [0.1, 0.15) is 23.0 Å². The smallest absolute Gasteiger partial charge is 0.206 e. The summed E-state index contributed by atoms with van der Waals surface area (Å²) in [6.07, 6.45) is 11.6. The number of hydrogen-bond donors (Lipinski definition) is 0. The SMILES string of the molecule is C#Cc1cccc(Oc2ccc(S(=O)(=O)c3ccc(Oc4cccc(C#C)c4-c4ccccc4)cc3)cc2)c1-c1ccccc1. The van der Waals surface area contributed by atoms with Crippen molar-refractivity contribution in [2.75, 3.05) is 0 Å². The second-order valence-electron chi connectivity index (χ2n) is 10.0. The van der Waals surface area contributed by atoms with Gasteiger partial charge >= 0.3 is 0 Å². The molecule has 6 rings (SSSR count). The minimum absolute atomic E-state index is 0.136. The van der Waals surface area contributed by atoms with Gasteiger partial charge in [-0.2, -0.15) is 0 Å². The van der Waals surface area contributed by atoms with Crippen LogP contribution in [0.5, 0.6) is 23.0 Å². The summed E-state index contributed by atoms with van der Waals surface area (Å²) in [6, 6.07) is 43.1.